The number of benzene rings is 2. The number of carbonyl (C=O) groups excluding carboxylic acids is 1. The van der Waals surface area contributed by atoms with Crippen molar-refractivity contribution in [3.8, 4) is 5.75 Å². The normalized spacial score (nSPS) is 32.3. The Hall–Kier alpha value is -3.14. The lowest BCUT2D eigenvalue weighted by Gasteiger charge is -2.41. The van der Waals surface area contributed by atoms with Gasteiger partial charge in [-0.15, -0.1) is 0 Å². The number of oxime groups is 1. The van der Waals surface area contributed by atoms with Gasteiger partial charge in [0.2, 0.25) is 12.2 Å². The lowest BCUT2D eigenvalue weighted by atomic mass is 9.83. The molecule has 238 valence electrons. The highest BCUT2D eigenvalue weighted by Gasteiger charge is 2.53. The highest BCUT2D eigenvalue weighted by Crippen LogP contribution is 2.31. The van der Waals surface area contributed by atoms with E-state index in [9.17, 15) is 29.6 Å². The minimum atomic E-state index is -1.49. The van der Waals surface area contributed by atoms with Crippen LogP contribution in [0.25, 0.3) is 6.08 Å². The summed E-state index contributed by atoms with van der Waals surface area (Å²) in [5.74, 6) is -1.49. The fourth-order valence-electron chi connectivity index (χ4n) is 5.35. The van der Waals surface area contributed by atoms with Crippen LogP contribution >= 0.6 is 11.6 Å². The van der Waals surface area contributed by atoms with Gasteiger partial charge in [0.25, 0.3) is 0 Å². The molecule has 0 aromatic heterocycles. The van der Waals surface area contributed by atoms with E-state index in [0.717, 1.165) is 11.6 Å². The Morgan fingerprint density at radius 1 is 1.09 bits per heavy atom. The average Bonchev–Trinajstić information content (AvgIpc) is 3.62. The van der Waals surface area contributed by atoms with Gasteiger partial charge in [0.1, 0.15) is 50.0 Å². The minimum absolute atomic E-state index is 0.0680. The molecule has 14 heteroatoms. The molecular weight excluding hydrogens is 603 g/mol. The number of fused-ring (bicyclic) bond motifs is 1. The number of hydrogen-bond acceptors (Lipinski definition) is 11. The molecule has 0 bridgehead atoms. The summed E-state index contributed by atoms with van der Waals surface area (Å²) in [6.45, 7) is 3.14. The first-order valence-electron chi connectivity index (χ1n) is 14.0. The highest BCUT2D eigenvalue weighted by molar-refractivity contribution is 6.30. The van der Waals surface area contributed by atoms with Gasteiger partial charge in [0, 0.05) is 17.0 Å². The van der Waals surface area contributed by atoms with Crippen molar-refractivity contribution in [3.05, 3.63) is 70.0 Å². The van der Waals surface area contributed by atoms with Crippen LogP contribution in [0.1, 0.15) is 31.4 Å². The smallest absolute Gasteiger partial charge is 0.247 e. The van der Waals surface area contributed by atoms with Crippen LogP contribution in [0.2, 0.25) is 5.02 Å². The molecule has 0 radical (unpaired) electrons. The molecule has 2 saturated heterocycles. The Morgan fingerprint density at radius 3 is 2.57 bits per heavy atom. The van der Waals surface area contributed by atoms with Gasteiger partial charge in [-0.25, -0.2) is 4.39 Å². The average molecular weight is 637 g/mol. The molecule has 12 nitrogen and oxygen atoms in total. The van der Waals surface area contributed by atoms with Crippen molar-refractivity contribution in [2.24, 2.45) is 5.16 Å². The van der Waals surface area contributed by atoms with Gasteiger partial charge in [0.05, 0.1) is 17.9 Å². The second-order valence-electron chi connectivity index (χ2n) is 10.9. The summed E-state index contributed by atoms with van der Waals surface area (Å²) in [6.07, 6.45) is -7.24. The lowest BCUT2D eigenvalue weighted by molar-refractivity contribution is -0.155. The van der Waals surface area contributed by atoms with Crippen LogP contribution in [0.5, 0.6) is 5.75 Å². The number of ether oxygens (including phenoxy) is 4. The number of nitrogens with zero attached hydrogens (tertiary/aromatic N) is 1. The molecule has 0 spiro atoms. The number of nitrogens with one attached hydrogen (secondary N) is 1. The Balaban J connectivity index is 1.15. The fourth-order valence-corrected chi connectivity index (χ4v) is 5.56. The molecule has 0 unspecified atom stereocenters. The zero-order valence-corrected chi connectivity index (χ0v) is 24.6. The van der Waals surface area contributed by atoms with Gasteiger partial charge in [0.15, 0.2) is 11.6 Å². The standard InChI is InChI=1S/C30H34ClFN2O10/c1-14(30(39)33-23-24(36)26(38)29-28(25(23)37)40-13-41-29)8-16-6-7-21(19(32)10-16)43-22-11-20(35)27(44-22)15(2)34-42-12-17-4-3-5-18(31)9-17/h3-10,20,22-29,35-38H,11-13H2,1-2H3,(H,33,39)/b14-8+,34-15+/t20-,22+,23+,24-,25+,26+,27+,28-,29+/m0/s1. The molecule has 44 heavy (non-hydrogen) atoms. The van der Waals surface area contributed by atoms with Crippen LogP contribution < -0.4 is 10.1 Å². The molecule has 1 saturated carbocycles. The second kappa shape index (κ2) is 13.9. The minimum Gasteiger partial charge on any atom is -0.462 e. The van der Waals surface area contributed by atoms with Crippen molar-refractivity contribution in [2.45, 2.75) is 81.9 Å². The predicted octanol–water partition coefficient (Wildman–Crippen LogP) is 1.65. The van der Waals surface area contributed by atoms with E-state index < -0.39 is 66.8 Å². The van der Waals surface area contributed by atoms with E-state index in [1.807, 2.05) is 6.07 Å². The summed E-state index contributed by atoms with van der Waals surface area (Å²) in [7, 11) is 0. The number of amides is 1. The molecule has 5 N–H and O–H groups in total. The maximum Gasteiger partial charge on any atom is 0.247 e. The molecule has 2 heterocycles. The van der Waals surface area contributed by atoms with E-state index in [4.69, 9.17) is 35.4 Å². The summed E-state index contributed by atoms with van der Waals surface area (Å²) in [5.41, 5.74) is 1.69. The van der Waals surface area contributed by atoms with Crippen LogP contribution in [0.4, 0.5) is 4.39 Å². The third-order valence-corrected chi connectivity index (χ3v) is 7.91. The first-order chi connectivity index (χ1) is 21.0. The fraction of sp³-hybridized carbons (Fsp3) is 0.467. The molecule has 2 aliphatic heterocycles. The molecular formula is C30H34ClFN2O10. The summed E-state index contributed by atoms with van der Waals surface area (Å²) >= 11 is 5.97. The van der Waals surface area contributed by atoms with Crippen LogP contribution in [0.15, 0.2) is 53.2 Å². The maximum absolute atomic E-state index is 15.0. The Labute approximate surface area is 257 Å². The molecule has 9 atom stereocenters. The van der Waals surface area contributed by atoms with Gasteiger partial charge in [-0.1, -0.05) is 35.0 Å². The third-order valence-electron chi connectivity index (χ3n) is 7.68. The molecule has 3 fully saturated rings. The molecule has 3 aliphatic rings. The van der Waals surface area contributed by atoms with Crippen molar-refractivity contribution < 1.29 is 53.4 Å². The number of carbonyl (C=O) groups is 1. The molecule has 2 aromatic carbocycles. The predicted molar refractivity (Wildman–Crippen MR) is 154 cm³/mol. The van der Waals surface area contributed by atoms with E-state index in [-0.39, 0.29) is 31.1 Å². The van der Waals surface area contributed by atoms with Gasteiger partial charge < -0.3 is 49.5 Å². The number of aliphatic hydroxyl groups is 4. The topological polar surface area (TPSA) is 169 Å². The summed E-state index contributed by atoms with van der Waals surface area (Å²) < 4.78 is 36.9. The number of rotatable bonds is 9. The van der Waals surface area contributed by atoms with E-state index >= 15 is 0 Å². The van der Waals surface area contributed by atoms with E-state index in [1.165, 1.54) is 25.1 Å². The largest absolute Gasteiger partial charge is 0.462 e. The Morgan fingerprint density at radius 2 is 1.84 bits per heavy atom. The molecule has 1 aliphatic carbocycles. The number of aliphatic hydroxyl groups excluding tert-OH is 4. The van der Waals surface area contributed by atoms with Crippen molar-refractivity contribution in [3.63, 3.8) is 0 Å². The Kier molecular flexibility index (Phi) is 10.2. The van der Waals surface area contributed by atoms with Gasteiger partial charge >= 0.3 is 0 Å². The van der Waals surface area contributed by atoms with Gasteiger partial charge in [-0.3, -0.25) is 4.79 Å². The summed E-state index contributed by atoms with van der Waals surface area (Å²) in [4.78, 5) is 18.2. The number of halogens is 2. The highest BCUT2D eigenvalue weighted by atomic mass is 35.5. The van der Waals surface area contributed by atoms with Crippen molar-refractivity contribution in [1.29, 1.82) is 0 Å². The van der Waals surface area contributed by atoms with E-state index in [2.05, 4.69) is 10.5 Å². The monoisotopic (exact) mass is 636 g/mol. The SMILES string of the molecule is C/C(=C\c1ccc(O[C@H]2C[C@H](O)[C@@H](/C(C)=N/OCc3cccc(Cl)c3)O2)c(F)c1)C(=O)N[C@@H]1[C@H](O)[C@@H](O)[C@H]2OCO[C@H]2[C@@H]1O. The summed E-state index contributed by atoms with van der Waals surface area (Å²) in [6, 6.07) is 9.96. The first kappa shape index (κ1) is 32.3. The van der Waals surface area contributed by atoms with Crippen molar-refractivity contribution in [1.82, 2.24) is 5.32 Å². The Bertz CT molecular complexity index is 1410. The number of hydrogen-bond donors (Lipinski definition) is 5. The first-order valence-corrected chi connectivity index (χ1v) is 14.4. The lowest BCUT2D eigenvalue weighted by Crippen LogP contribution is -2.67. The van der Waals surface area contributed by atoms with Crippen LogP contribution in [-0.2, 0) is 30.4 Å². The quantitative estimate of drug-likeness (QED) is 0.155. The maximum atomic E-state index is 15.0. The molecule has 1 amide bonds. The summed E-state index contributed by atoms with van der Waals surface area (Å²) in [5, 5.41) is 48.9. The van der Waals surface area contributed by atoms with Crippen LogP contribution in [-0.4, -0.2) is 93.9 Å². The van der Waals surface area contributed by atoms with Crippen LogP contribution in [0, 0.1) is 5.82 Å². The molecule has 5 rings (SSSR count). The van der Waals surface area contributed by atoms with E-state index in [0.29, 0.717) is 16.3 Å². The second-order valence-corrected chi connectivity index (χ2v) is 11.3. The zero-order chi connectivity index (χ0) is 31.5. The van der Waals surface area contributed by atoms with E-state index in [1.54, 1.807) is 25.1 Å². The molecule has 2 aromatic rings. The van der Waals surface area contributed by atoms with Gasteiger partial charge in [-0.05, 0) is 55.3 Å². The third kappa shape index (κ3) is 7.22. The van der Waals surface area contributed by atoms with Gasteiger partial charge in [-0.2, -0.15) is 0 Å². The van der Waals surface area contributed by atoms with Crippen molar-refractivity contribution >= 4 is 29.3 Å². The van der Waals surface area contributed by atoms with Crippen LogP contribution in [0.3, 0.4) is 0 Å². The van der Waals surface area contributed by atoms with Crippen molar-refractivity contribution in [2.75, 3.05) is 6.79 Å². The zero-order valence-electron chi connectivity index (χ0n) is 23.9.